The normalized spacial score (nSPS) is 21.9. The number of fused-ring (bicyclic) bond motifs is 2. The van der Waals surface area contributed by atoms with Gasteiger partial charge in [0.2, 0.25) is 0 Å². The van der Waals surface area contributed by atoms with Gasteiger partial charge in [-0.25, -0.2) is 0 Å². The summed E-state index contributed by atoms with van der Waals surface area (Å²) in [5, 5.41) is 0. The first kappa shape index (κ1) is 10.9. The van der Waals surface area contributed by atoms with Gasteiger partial charge in [-0.3, -0.25) is 0 Å². The first-order chi connectivity index (χ1) is 8.29. The number of allylic oxidation sites excluding steroid dienone is 1. The summed E-state index contributed by atoms with van der Waals surface area (Å²) < 4.78 is 0. The summed E-state index contributed by atoms with van der Waals surface area (Å²) in [6, 6.07) is 8.91. The quantitative estimate of drug-likeness (QED) is 0.693. The van der Waals surface area contributed by atoms with Crippen LogP contribution in [-0.2, 0) is 5.41 Å². The monoisotopic (exact) mass is 227 g/mol. The molecule has 17 heavy (non-hydrogen) atoms. The molecule has 1 saturated carbocycles. The number of para-hydroxylation sites is 1. The van der Waals surface area contributed by atoms with Gasteiger partial charge in [0, 0.05) is 23.3 Å². The molecule has 1 aliphatic heterocycles. The molecule has 3 rings (SSSR count). The number of anilines is 1. The van der Waals surface area contributed by atoms with Crippen LogP contribution in [0.1, 0.15) is 44.6 Å². The second kappa shape index (κ2) is 3.90. The summed E-state index contributed by atoms with van der Waals surface area (Å²) >= 11 is 0. The van der Waals surface area contributed by atoms with E-state index in [0.717, 1.165) is 6.54 Å². The highest BCUT2D eigenvalue weighted by atomic mass is 15.2. The number of hydrogen-bond donors (Lipinski definition) is 0. The van der Waals surface area contributed by atoms with Gasteiger partial charge in [0.1, 0.15) is 0 Å². The van der Waals surface area contributed by atoms with E-state index in [9.17, 15) is 0 Å². The van der Waals surface area contributed by atoms with Crippen LogP contribution >= 0.6 is 0 Å². The molecule has 1 fully saturated rings. The molecule has 90 valence electrons. The Kier molecular flexibility index (Phi) is 2.50. The molecule has 1 nitrogen and oxygen atoms in total. The predicted molar refractivity (Wildman–Crippen MR) is 73.4 cm³/mol. The summed E-state index contributed by atoms with van der Waals surface area (Å²) in [6.45, 7) is 7.69. The molecule has 1 heterocycles. The molecule has 1 aliphatic carbocycles. The molecular weight excluding hydrogens is 206 g/mol. The third-order valence-corrected chi connectivity index (χ3v) is 4.61. The summed E-state index contributed by atoms with van der Waals surface area (Å²) in [6.07, 6.45) is 6.68. The van der Waals surface area contributed by atoms with Gasteiger partial charge < -0.3 is 4.90 Å². The highest BCUT2D eigenvalue weighted by Crippen LogP contribution is 2.54. The molecule has 2 aliphatic rings. The molecule has 1 aromatic rings. The van der Waals surface area contributed by atoms with E-state index < -0.39 is 0 Å². The van der Waals surface area contributed by atoms with E-state index in [1.54, 1.807) is 0 Å². The van der Waals surface area contributed by atoms with E-state index >= 15 is 0 Å². The van der Waals surface area contributed by atoms with Crippen molar-refractivity contribution in [2.24, 2.45) is 0 Å². The summed E-state index contributed by atoms with van der Waals surface area (Å²) in [5.74, 6) is 0. The van der Waals surface area contributed by atoms with Crippen molar-refractivity contribution in [3.8, 4) is 0 Å². The van der Waals surface area contributed by atoms with Crippen LogP contribution in [0.25, 0.3) is 0 Å². The van der Waals surface area contributed by atoms with Crippen molar-refractivity contribution in [2.75, 3.05) is 11.4 Å². The van der Waals surface area contributed by atoms with Crippen molar-refractivity contribution >= 4 is 5.69 Å². The van der Waals surface area contributed by atoms with Gasteiger partial charge in [-0.15, -0.1) is 0 Å². The molecule has 1 spiro atoms. The van der Waals surface area contributed by atoms with E-state index in [1.165, 1.54) is 49.1 Å². The highest BCUT2D eigenvalue weighted by Gasteiger charge is 2.45. The van der Waals surface area contributed by atoms with Gasteiger partial charge in [-0.1, -0.05) is 44.0 Å². The van der Waals surface area contributed by atoms with Gasteiger partial charge >= 0.3 is 0 Å². The Balaban J connectivity index is 2.14. The van der Waals surface area contributed by atoms with Crippen molar-refractivity contribution < 1.29 is 0 Å². The average molecular weight is 227 g/mol. The summed E-state index contributed by atoms with van der Waals surface area (Å²) in [4.78, 5) is 2.42. The Morgan fingerprint density at radius 1 is 1.18 bits per heavy atom. The number of hydrogen-bond acceptors (Lipinski definition) is 1. The van der Waals surface area contributed by atoms with Crippen molar-refractivity contribution in [3.63, 3.8) is 0 Å². The number of benzene rings is 1. The molecule has 0 unspecified atom stereocenters. The molecule has 0 N–H and O–H groups in total. The number of nitrogens with zero attached hydrogens (tertiary/aromatic N) is 1. The minimum atomic E-state index is 0.269. The van der Waals surface area contributed by atoms with Gasteiger partial charge in [0.05, 0.1) is 0 Å². The smallest absolute Gasteiger partial charge is 0.0450 e. The Hall–Kier alpha value is -1.24. The molecule has 0 atom stereocenters. The minimum Gasteiger partial charge on any atom is -0.345 e. The predicted octanol–water partition coefficient (Wildman–Crippen LogP) is 4.24. The van der Waals surface area contributed by atoms with Crippen LogP contribution in [0.3, 0.4) is 0 Å². The molecule has 0 saturated heterocycles. The maximum absolute atomic E-state index is 4.42. The van der Waals surface area contributed by atoms with Gasteiger partial charge in [0.15, 0.2) is 0 Å². The van der Waals surface area contributed by atoms with Crippen molar-refractivity contribution in [2.45, 2.75) is 44.4 Å². The van der Waals surface area contributed by atoms with Crippen molar-refractivity contribution in [1.29, 1.82) is 0 Å². The fourth-order valence-electron chi connectivity index (χ4n) is 3.75. The average Bonchev–Trinajstić information content (AvgIpc) is 2.61. The lowest BCUT2D eigenvalue weighted by Gasteiger charge is -2.36. The molecular formula is C16H21N. The SMILES string of the molecule is C=C1N(CC)c2ccccc2C12CCCCC2. The van der Waals surface area contributed by atoms with Gasteiger partial charge in [-0.05, 0) is 31.4 Å². The van der Waals surface area contributed by atoms with Crippen LogP contribution in [0.2, 0.25) is 0 Å². The van der Waals surface area contributed by atoms with E-state index in [4.69, 9.17) is 0 Å². The second-order valence-corrected chi connectivity index (χ2v) is 5.35. The fraction of sp³-hybridized carbons (Fsp3) is 0.500. The third-order valence-electron chi connectivity index (χ3n) is 4.61. The molecule has 0 bridgehead atoms. The van der Waals surface area contributed by atoms with Crippen molar-refractivity contribution in [3.05, 3.63) is 42.1 Å². The van der Waals surface area contributed by atoms with Crippen molar-refractivity contribution in [1.82, 2.24) is 0 Å². The lowest BCUT2D eigenvalue weighted by molar-refractivity contribution is 0.346. The maximum Gasteiger partial charge on any atom is 0.0450 e. The van der Waals surface area contributed by atoms with Crippen LogP contribution < -0.4 is 4.90 Å². The van der Waals surface area contributed by atoms with Crippen LogP contribution in [-0.4, -0.2) is 6.54 Å². The van der Waals surface area contributed by atoms with Crippen LogP contribution in [0.15, 0.2) is 36.5 Å². The Morgan fingerprint density at radius 2 is 1.88 bits per heavy atom. The van der Waals surface area contributed by atoms with Crippen LogP contribution in [0.4, 0.5) is 5.69 Å². The zero-order valence-electron chi connectivity index (χ0n) is 10.7. The number of rotatable bonds is 1. The standard InChI is InChI=1S/C16H21N/c1-3-17-13(2)16(11-7-4-8-12-16)14-9-5-6-10-15(14)17/h5-6,9-10H,2-4,7-8,11-12H2,1H3. The first-order valence-corrected chi connectivity index (χ1v) is 6.86. The fourth-order valence-corrected chi connectivity index (χ4v) is 3.75. The van der Waals surface area contributed by atoms with E-state index in [-0.39, 0.29) is 5.41 Å². The molecule has 0 aromatic heterocycles. The zero-order valence-corrected chi connectivity index (χ0v) is 10.7. The van der Waals surface area contributed by atoms with Crippen LogP contribution in [0.5, 0.6) is 0 Å². The van der Waals surface area contributed by atoms with E-state index in [0.29, 0.717) is 0 Å². The lowest BCUT2D eigenvalue weighted by atomic mass is 9.69. The zero-order chi connectivity index (χ0) is 11.9. The molecule has 1 aromatic carbocycles. The first-order valence-electron chi connectivity index (χ1n) is 6.86. The largest absolute Gasteiger partial charge is 0.345 e. The van der Waals surface area contributed by atoms with Crippen LogP contribution in [0, 0.1) is 0 Å². The second-order valence-electron chi connectivity index (χ2n) is 5.35. The Labute approximate surface area is 104 Å². The van der Waals surface area contributed by atoms with E-state index in [1.807, 2.05) is 0 Å². The Bertz CT molecular complexity index is 441. The highest BCUT2D eigenvalue weighted by molar-refractivity contribution is 5.70. The summed E-state index contributed by atoms with van der Waals surface area (Å²) in [7, 11) is 0. The maximum atomic E-state index is 4.42. The van der Waals surface area contributed by atoms with E-state index in [2.05, 4.69) is 42.7 Å². The molecule has 0 radical (unpaired) electrons. The van der Waals surface area contributed by atoms with Gasteiger partial charge in [0.25, 0.3) is 0 Å². The molecule has 0 amide bonds. The minimum absolute atomic E-state index is 0.269. The molecule has 1 heteroatoms. The topological polar surface area (TPSA) is 3.24 Å². The lowest BCUT2D eigenvalue weighted by Crippen LogP contribution is -2.32. The summed E-state index contributed by atoms with van der Waals surface area (Å²) in [5.41, 5.74) is 4.56. The Morgan fingerprint density at radius 3 is 2.59 bits per heavy atom. The number of likely N-dealkylation sites (N-methyl/N-ethyl adjacent to an activating group) is 1. The third kappa shape index (κ3) is 1.38. The van der Waals surface area contributed by atoms with Gasteiger partial charge in [-0.2, -0.15) is 0 Å².